The van der Waals surface area contributed by atoms with Crippen LogP contribution in [0.15, 0.2) is 35.7 Å². The maximum absolute atomic E-state index is 4.18. The number of para-hydroxylation sites is 1. The molecule has 1 heterocycles. The predicted octanol–water partition coefficient (Wildman–Crippen LogP) is 3.32. The molecule has 0 fully saturated rings. The molecule has 0 saturated heterocycles. The highest BCUT2D eigenvalue weighted by Crippen LogP contribution is 2.23. The van der Waals surface area contributed by atoms with Gasteiger partial charge in [0.25, 0.3) is 0 Å². The zero-order valence-electron chi connectivity index (χ0n) is 10.4. The van der Waals surface area contributed by atoms with Gasteiger partial charge in [-0.2, -0.15) is 0 Å². The number of aryl methyl sites for hydroxylation is 1. The van der Waals surface area contributed by atoms with Crippen molar-refractivity contribution in [3.8, 4) is 5.69 Å². The quantitative estimate of drug-likeness (QED) is 0.776. The van der Waals surface area contributed by atoms with Crippen LogP contribution in [0.5, 0.6) is 0 Å². The Morgan fingerprint density at radius 3 is 2.76 bits per heavy atom. The van der Waals surface area contributed by atoms with Crippen molar-refractivity contribution in [2.24, 2.45) is 5.92 Å². The first-order valence-electron chi connectivity index (χ1n) is 5.77. The molecule has 2 aromatic rings. The van der Waals surface area contributed by atoms with E-state index in [2.05, 4.69) is 47.7 Å². The number of benzene rings is 1. The minimum atomic E-state index is 0.655. The molecule has 1 aromatic heterocycles. The zero-order valence-corrected chi connectivity index (χ0v) is 11.2. The molecular weight excluding hydrogens is 230 g/mol. The molecule has 1 aromatic carbocycles. The lowest BCUT2D eigenvalue weighted by Crippen LogP contribution is -1.99. The summed E-state index contributed by atoms with van der Waals surface area (Å²) in [5.74, 6) is 1.71. The van der Waals surface area contributed by atoms with E-state index in [1.54, 1.807) is 18.1 Å². The van der Waals surface area contributed by atoms with Crippen molar-refractivity contribution >= 4 is 11.8 Å². The smallest absolute Gasteiger partial charge is 0.195 e. The Morgan fingerprint density at radius 1 is 1.29 bits per heavy atom. The second-order valence-corrected chi connectivity index (χ2v) is 5.46. The predicted molar refractivity (Wildman–Crippen MR) is 71.7 cm³/mol. The van der Waals surface area contributed by atoms with Crippen molar-refractivity contribution in [1.29, 1.82) is 0 Å². The summed E-state index contributed by atoms with van der Waals surface area (Å²) in [6, 6.07) is 8.29. The SMILES string of the molecule is Cc1ccccc1-n1cnnc1SCC(C)C. The van der Waals surface area contributed by atoms with Crippen LogP contribution < -0.4 is 0 Å². The van der Waals surface area contributed by atoms with Crippen molar-refractivity contribution < 1.29 is 0 Å². The summed E-state index contributed by atoms with van der Waals surface area (Å²) >= 11 is 1.75. The lowest BCUT2D eigenvalue weighted by molar-refractivity contribution is 0.745. The Morgan fingerprint density at radius 2 is 2.06 bits per heavy atom. The Bertz CT molecular complexity index is 491. The van der Waals surface area contributed by atoms with Gasteiger partial charge in [0.1, 0.15) is 6.33 Å². The standard InChI is InChI=1S/C13H17N3S/c1-10(2)8-17-13-15-14-9-16(13)12-7-5-4-6-11(12)3/h4-7,9-10H,8H2,1-3H3. The third-order valence-electron chi connectivity index (χ3n) is 2.44. The largest absolute Gasteiger partial charge is 0.276 e. The minimum absolute atomic E-state index is 0.655. The Hall–Kier alpha value is -1.29. The van der Waals surface area contributed by atoms with Gasteiger partial charge in [0.2, 0.25) is 0 Å². The van der Waals surface area contributed by atoms with Gasteiger partial charge in [-0.05, 0) is 24.5 Å². The van der Waals surface area contributed by atoms with Gasteiger partial charge in [-0.25, -0.2) is 0 Å². The Kier molecular flexibility index (Phi) is 3.84. The van der Waals surface area contributed by atoms with E-state index >= 15 is 0 Å². The topological polar surface area (TPSA) is 30.7 Å². The normalized spacial score (nSPS) is 11.1. The lowest BCUT2D eigenvalue weighted by Gasteiger charge is -2.09. The molecule has 0 radical (unpaired) electrons. The molecule has 0 aliphatic carbocycles. The summed E-state index contributed by atoms with van der Waals surface area (Å²) in [5, 5.41) is 9.16. The summed E-state index contributed by atoms with van der Waals surface area (Å²) in [7, 11) is 0. The fourth-order valence-corrected chi connectivity index (χ4v) is 2.43. The molecule has 3 nitrogen and oxygen atoms in total. The second-order valence-electron chi connectivity index (χ2n) is 4.47. The maximum Gasteiger partial charge on any atom is 0.195 e. The molecule has 17 heavy (non-hydrogen) atoms. The van der Waals surface area contributed by atoms with Crippen LogP contribution in [0.4, 0.5) is 0 Å². The van der Waals surface area contributed by atoms with Gasteiger partial charge in [-0.3, -0.25) is 4.57 Å². The van der Waals surface area contributed by atoms with Gasteiger partial charge in [-0.1, -0.05) is 43.8 Å². The first-order chi connectivity index (χ1) is 8.18. The second kappa shape index (κ2) is 5.36. The van der Waals surface area contributed by atoms with E-state index in [4.69, 9.17) is 0 Å². The fourth-order valence-electron chi connectivity index (χ4n) is 1.56. The average Bonchev–Trinajstić information content (AvgIpc) is 2.75. The summed E-state index contributed by atoms with van der Waals surface area (Å²) in [5.41, 5.74) is 2.39. The number of hydrogen-bond acceptors (Lipinski definition) is 3. The van der Waals surface area contributed by atoms with E-state index in [1.165, 1.54) is 5.56 Å². The van der Waals surface area contributed by atoms with Gasteiger partial charge in [0, 0.05) is 5.75 Å². The van der Waals surface area contributed by atoms with E-state index in [0.29, 0.717) is 5.92 Å². The molecule has 0 bridgehead atoms. The van der Waals surface area contributed by atoms with Crippen LogP contribution in [0.3, 0.4) is 0 Å². The molecule has 90 valence electrons. The molecule has 0 aliphatic heterocycles. The molecule has 0 aliphatic rings. The van der Waals surface area contributed by atoms with E-state index in [-0.39, 0.29) is 0 Å². The fraction of sp³-hybridized carbons (Fsp3) is 0.385. The maximum atomic E-state index is 4.18. The van der Waals surface area contributed by atoms with Crippen LogP contribution in [-0.2, 0) is 0 Å². The van der Waals surface area contributed by atoms with E-state index < -0.39 is 0 Å². The van der Waals surface area contributed by atoms with E-state index in [1.807, 2.05) is 12.1 Å². The summed E-state index contributed by atoms with van der Waals surface area (Å²) < 4.78 is 2.06. The Labute approximate surface area is 106 Å². The summed E-state index contributed by atoms with van der Waals surface area (Å²) in [6.45, 7) is 6.52. The molecule has 0 atom stereocenters. The van der Waals surface area contributed by atoms with Gasteiger partial charge < -0.3 is 0 Å². The summed E-state index contributed by atoms with van der Waals surface area (Å²) in [6.07, 6.45) is 1.78. The van der Waals surface area contributed by atoms with Crippen LogP contribution in [0.25, 0.3) is 5.69 Å². The first kappa shape index (κ1) is 12.2. The minimum Gasteiger partial charge on any atom is -0.276 e. The lowest BCUT2D eigenvalue weighted by atomic mass is 10.2. The molecule has 2 rings (SSSR count). The van der Waals surface area contributed by atoms with E-state index in [9.17, 15) is 0 Å². The van der Waals surface area contributed by atoms with Crippen molar-refractivity contribution in [3.05, 3.63) is 36.2 Å². The highest BCUT2D eigenvalue weighted by atomic mass is 32.2. The van der Waals surface area contributed by atoms with Gasteiger partial charge >= 0.3 is 0 Å². The average molecular weight is 247 g/mol. The van der Waals surface area contributed by atoms with Gasteiger partial charge in [0.05, 0.1) is 5.69 Å². The van der Waals surface area contributed by atoms with Crippen LogP contribution in [0.1, 0.15) is 19.4 Å². The first-order valence-corrected chi connectivity index (χ1v) is 6.76. The van der Waals surface area contributed by atoms with Crippen molar-refractivity contribution in [2.75, 3.05) is 5.75 Å². The molecule has 0 unspecified atom stereocenters. The number of aromatic nitrogens is 3. The van der Waals surface area contributed by atoms with Gasteiger partial charge in [0.15, 0.2) is 5.16 Å². The molecule has 0 spiro atoms. The van der Waals surface area contributed by atoms with Crippen LogP contribution in [-0.4, -0.2) is 20.5 Å². The monoisotopic (exact) mass is 247 g/mol. The highest BCUT2D eigenvalue weighted by Gasteiger charge is 2.09. The molecular formula is C13H17N3S. The van der Waals surface area contributed by atoms with Crippen molar-refractivity contribution in [2.45, 2.75) is 25.9 Å². The molecule has 0 amide bonds. The molecule has 0 N–H and O–H groups in total. The zero-order chi connectivity index (χ0) is 12.3. The number of hydrogen-bond donors (Lipinski definition) is 0. The van der Waals surface area contributed by atoms with Crippen molar-refractivity contribution in [1.82, 2.24) is 14.8 Å². The van der Waals surface area contributed by atoms with Gasteiger partial charge in [-0.15, -0.1) is 10.2 Å². The van der Waals surface area contributed by atoms with E-state index in [0.717, 1.165) is 16.6 Å². The van der Waals surface area contributed by atoms with Crippen LogP contribution in [0.2, 0.25) is 0 Å². The number of rotatable bonds is 4. The molecule has 4 heteroatoms. The van der Waals surface area contributed by atoms with Crippen LogP contribution in [0, 0.1) is 12.8 Å². The third kappa shape index (κ3) is 2.88. The van der Waals surface area contributed by atoms with Crippen molar-refractivity contribution in [3.63, 3.8) is 0 Å². The number of thioether (sulfide) groups is 1. The highest BCUT2D eigenvalue weighted by molar-refractivity contribution is 7.99. The van der Waals surface area contributed by atoms with Crippen LogP contribution >= 0.6 is 11.8 Å². The Balaban J connectivity index is 2.28. The molecule has 0 saturated carbocycles. The third-order valence-corrected chi connectivity index (χ3v) is 3.81. The number of nitrogens with zero attached hydrogens (tertiary/aromatic N) is 3. The summed E-state index contributed by atoms with van der Waals surface area (Å²) in [4.78, 5) is 0.